The van der Waals surface area contributed by atoms with Crippen LogP contribution in [0.4, 0.5) is 0 Å². The first kappa shape index (κ1) is 46.8. The van der Waals surface area contributed by atoms with Crippen molar-refractivity contribution in [3.05, 3.63) is 12.2 Å². The summed E-state index contributed by atoms with van der Waals surface area (Å²) in [4.78, 5) is 34.7. The standard InChI is InChI=1S/C38H74NO8P/c1-3-5-7-9-11-13-15-17-19-20-22-24-26-28-30-37(40)44-34-36(35-46-48(42,43)45-33-32-39)47-38(41)31-29-27-25-23-21-18-16-14-12-10-8-6-4-2/h14,16,36H,3-13,15,17-35,39H2,1-2H3,(H,42,43)/b16-14-/t36-/m1/s1. The van der Waals surface area contributed by atoms with Gasteiger partial charge in [-0.15, -0.1) is 0 Å². The molecule has 0 spiro atoms. The molecule has 1 unspecified atom stereocenters. The monoisotopic (exact) mass is 704 g/mol. The third-order valence-corrected chi connectivity index (χ3v) is 9.39. The quantitative estimate of drug-likeness (QED) is 0.0280. The van der Waals surface area contributed by atoms with Gasteiger partial charge in [-0.25, -0.2) is 4.57 Å². The summed E-state index contributed by atoms with van der Waals surface area (Å²) >= 11 is 0. The second-order valence-electron chi connectivity index (χ2n) is 13.2. The number of hydrogen-bond acceptors (Lipinski definition) is 8. The molecule has 0 bridgehead atoms. The lowest BCUT2D eigenvalue weighted by Crippen LogP contribution is -2.29. The van der Waals surface area contributed by atoms with E-state index in [1.165, 1.54) is 103 Å². The molecule has 0 amide bonds. The number of phosphoric acid groups is 1. The molecule has 0 aliphatic rings. The Balaban J connectivity index is 4.20. The number of hydrogen-bond donors (Lipinski definition) is 2. The normalized spacial score (nSPS) is 13.5. The van der Waals surface area contributed by atoms with Crippen molar-refractivity contribution in [3.8, 4) is 0 Å². The van der Waals surface area contributed by atoms with Crippen molar-refractivity contribution in [3.63, 3.8) is 0 Å². The predicted molar refractivity (Wildman–Crippen MR) is 197 cm³/mol. The van der Waals surface area contributed by atoms with E-state index in [1.54, 1.807) is 0 Å². The Bertz CT molecular complexity index is 810. The second-order valence-corrected chi connectivity index (χ2v) is 14.6. The van der Waals surface area contributed by atoms with Crippen molar-refractivity contribution in [2.45, 2.75) is 193 Å². The molecule has 0 aromatic carbocycles. The zero-order valence-corrected chi connectivity index (χ0v) is 31.9. The van der Waals surface area contributed by atoms with E-state index in [0.29, 0.717) is 6.42 Å². The number of phosphoric ester groups is 1. The van der Waals surface area contributed by atoms with E-state index in [0.717, 1.165) is 51.4 Å². The molecule has 284 valence electrons. The predicted octanol–water partition coefficient (Wildman–Crippen LogP) is 10.7. The van der Waals surface area contributed by atoms with E-state index in [1.807, 2.05) is 0 Å². The zero-order chi connectivity index (χ0) is 35.4. The molecule has 0 saturated heterocycles. The summed E-state index contributed by atoms with van der Waals surface area (Å²) in [5.41, 5.74) is 5.33. The molecule has 10 heteroatoms. The molecule has 0 aromatic heterocycles. The Kier molecular flexibility index (Phi) is 34.6. The lowest BCUT2D eigenvalue weighted by atomic mass is 10.0. The third-order valence-electron chi connectivity index (χ3n) is 8.40. The number of allylic oxidation sites excluding steroid dienone is 2. The van der Waals surface area contributed by atoms with Gasteiger partial charge in [-0.05, 0) is 38.5 Å². The van der Waals surface area contributed by atoms with Gasteiger partial charge in [0.25, 0.3) is 0 Å². The summed E-state index contributed by atoms with van der Waals surface area (Å²) in [7, 11) is -4.37. The van der Waals surface area contributed by atoms with Crippen LogP contribution in [0.5, 0.6) is 0 Å². The van der Waals surface area contributed by atoms with Gasteiger partial charge in [0.15, 0.2) is 6.10 Å². The summed E-state index contributed by atoms with van der Waals surface area (Å²) in [6.07, 6.45) is 33.8. The fourth-order valence-electron chi connectivity index (χ4n) is 5.45. The van der Waals surface area contributed by atoms with E-state index in [2.05, 4.69) is 26.0 Å². The molecule has 0 radical (unpaired) electrons. The van der Waals surface area contributed by atoms with Crippen LogP contribution in [-0.2, 0) is 32.7 Å². The number of ether oxygens (including phenoxy) is 2. The molecule has 9 nitrogen and oxygen atoms in total. The fraction of sp³-hybridized carbons (Fsp3) is 0.895. The average Bonchev–Trinajstić information content (AvgIpc) is 3.07. The fourth-order valence-corrected chi connectivity index (χ4v) is 6.22. The Labute approximate surface area is 294 Å². The van der Waals surface area contributed by atoms with Crippen LogP contribution in [0.3, 0.4) is 0 Å². The number of nitrogens with two attached hydrogens (primary N) is 1. The number of esters is 2. The van der Waals surface area contributed by atoms with Crippen LogP contribution in [0.15, 0.2) is 12.2 Å². The smallest absolute Gasteiger partial charge is 0.462 e. The van der Waals surface area contributed by atoms with Crippen LogP contribution in [-0.4, -0.2) is 49.3 Å². The van der Waals surface area contributed by atoms with Crippen molar-refractivity contribution in [1.82, 2.24) is 0 Å². The van der Waals surface area contributed by atoms with Crippen LogP contribution in [0, 0.1) is 0 Å². The minimum atomic E-state index is -4.37. The highest BCUT2D eigenvalue weighted by molar-refractivity contribution is 7.47. The molecule has 0 aliphatic carbocycles. The highest BCUT2D eigenvalue weighted by atomic mass is 31.2. The maximum Gasteiger partial charge on any atom is 0.472 e. The van der Waals surface area contributed by atoms with Gasteiger partial charge < -0.3 is 20.1 Å². The molecule has 0 fully saturated rings. The minimum absolute atomic E-state index is 0.0546. The Morgan fingerprint density at radius 2 is 1.02 bits per heavy atom. The maximum atomic E-state index is 12.5. The van der Waals surface area contributed by atoms with E-state index in [4.69, 9.17) is 24.3 Å². The maximum absolute atomic E-state index is 12.5. The van der Waals surface area contributed by atoms with Gasteiger partial charge in [0.2, 0.25) is 0 Å². The Morgan fingerprint density at radius 3 is 1.50 bits per heavy atom. The first-order chi connectivity index (χ1) is 23.3. The van der Waals surface area contributed by atoms with E-state index in [9.17, 15) is 19.0 Å². The average molecular weight is 704 g/mol. The number of carbonyl (C=O) groups is 2. The van der Waals surface area contributed by atoms with Crippen molar-refractivity contribution < 1.29 is 37.6 Å². The van der Waals surface area contributed by atoms with Crippen LogP contribution in [0.2, 0.25) is 0 Å². The molecule has 0 saturated carbocycles. The Hall–Kier alpha value is -1.25. The zero-order valence-electron chi connectivity index (χ0n) is 31.0. The molecule has 2 atom stereocenters. The van der Waals surface area contributed by atoms with Crippen LogP contribution < -0.4 is 5.73 Å². The minimum Gasteiger partial charge on any atom is -0.462 e. The van der Waals surface area contributed by atoms with E-state index in [-0.39, 0.29) is 38.6 Å². The van der Waals surface area contributed by atoms with Crippen molar-refractivity contribution in [1.29, 1.82) is 0 Å². The number of carbonyl (C=O) groups excluding carboxylic acids is 2. The molecule has 0 aromatic rings. The summed E-state index contributed by atoms with van der Waals surface area (Å²) in [6, 6.07) is 0. The van der Waals surface area contributed by atoms with E-state index < -0.39 is 26.5 Å². The van der Waals surface area contributed by atoms with Crippen LogP contribution in [0.1, 0.15) is 187 Å². The van der Waals surface area contributed by atoms with Crippen molar-refractivity contribution in [2.24, 2.45) is 5.73 Å². The summed E-state index contributed by atoms with van der Waals surface area (Å²) < 4.78 is 32.7. The van der Waals surface area contributed by atoms with Gasteiger partial charge in [0.05, 0.1) is 13.2 Å². The summed E-state index contributed by atoms with van der Waals surface area (Å²) in [5, 5.41) is 0. The molecular formula is C38H74NO8P. The first-order valence-corrected chi connectivity index (χ1v) is 21.2. The summed E-state index contributed by atoms with van der Waals surface area (Å²) in [5.74, 6) is -0.832. The van der Waals surface area contributed by atoms with Gasteiger partial charge >= 0.3 is 19.8 Å². The molecule has 0 rings (SSSR count). The SMILES string of the molecule is CCCCCC/C=C\CCCCCCCC(=O)O[C@H](COC(=O)CCCCCCCCCCCCCCCC)COP(=O)(O)OCCN. The van der Waals surface area contributed by atoms with Gasteiger partial charge in [0, 0.05) is 19.4 Å². The van der Waals surface area contributed by atoms with Gasteiger partial charge in [-0.2, -0.15) is 0 Å². The van der Waals surface area contributed by atoms with Crippen LogP contribution >= 0.6 is 7.82 Å². The highest BCUT2D eigenvalue weighted by Crippen LogP contribution is 2.43. The topological polar surface area (TPSA) is 134 Å². The lowest BCUT2D eigenvalue weighted by Gasteiger charge is -2.19. The highest BCUT2D eigenvalue weighted by Gasteiger charge is 2.25. The molecule has 0 aliphatic heterocycles. The van der Waals surface area contributed by atoms with Gasteiger partial charge in [-0.1, -0.05) is 148 Å². The van der Waals surface area contributed by atoms with Gasteiger partial charge in [0.1, 0.15) is 6.61 Å². The third kappa shape index (κ3) is 34.6. The second kappa shape index (κ2) is 35.6. The van der Waals surface area contributed by atoms with Crippen molar-refractivity contribution in [2.75, 3.05) is 26.4 Å². The first-order valence-electron chi connectivity index (χ1n) is 19.7. The number of unbranched alkanes of at least 4 members (excludes halogenated alkanes) is 22. The van der Waals surface area contributed by atoms with Crippen LogP contribution in [0.25, 0.3) is 0 Å². The lowest BCUT2D eigenvalue weighted by molar-refractivity contribution is -0.161. The Morgan fingerprint density at radius 1 is 0.604 bits per heavy atom. The molecule has 0 heterocycles. The number of rotatable bonds is 37. The molecule has 48 heavy (non-hydrogen) atoms. The largest absolute Gasteiger partial charge is 0.472 e. The van der Waals surface area contributed by atoms with Gasteiger partial charge in [-0.3, -0.25) is 18.6 Å². The van der Waals surface area contributed by atoms with E-state index >= 15 is 0 Å². The molecule has 3 N–H and O–H groups in total. The molecular weight excluding hydrogens is 629 g/mol. The van der Waals surface area contributed by atoms with Crippen molar-refractivity contribution >= 4 is 19.8 Å². The summed E-state index contributed by atoms with van der Waals surface area (Å²) in [6.45, 7) is 3.71.